The molecule has 1 aromatic carbocycles. The molecule has 0 saturated heterocycles. The molecule has 6 nitrogen and oxygen atoms in total. The van der Waals surface area contributed by atoms with E-state index in [9.17, 15) is 14.5 Å². The number of hydrogen-bond donors (Lipinski definition) is 2. The lowest BCUT2D eigenvalue weighted by atomic mass is 10.2. The van der Waals surface area contributed by atoms with Gasteiger partial charge >= 0.3 is 0 Å². The third kappa shape index (κ3) is 3.65. The average molecular weight is 244 g/mol. The van der Waals surface area contributed by atoms with E-state index in [-0.39, 0.29) is 24.6 Å². The van der Waals surface area contributed by atoms with Gasteiger partial charge in [0.2, 0.25) is 0 Å². The lowest BCUT2D eigenvalue weighted by Crippen LogP contribution is -2.29. The van der Waals surface area contributed by atoms with Gasteiger partial charge in [-0.15, -0.1) is 0 Å². The Balaban J connectivity index is 2.92. The van der Waals surface area contributed by atoms with Crippen LogP contribution in [0, 0.1) is 15.9 Å². The van der Waals surface area contributed by atoms with Crippen molar-refractivity contribution in [2.24, 2.45) is 0 Å². The Labute approximate surface area is 97.2 Å². The molecule has 0 heterocycles. The Bertz CT molecular complexity index is 400. The van der Waals surface area contributed by atoms with Crippen molar-refractivity contribution < 1.29 is 19.2 Å². The second kappa shape index (κ2) is 6.12. The third-order valence-corrected chi connectivity index (χ3v) is 2.10. The fourth-order valence-electron chi connectivity index (χ4n) is 1.34. The van der Waals surface area contributed by atoms with Crippen LogP contribution in [-0.2, 0) is 4.74 Å². The lowest BCUT2D eigenvalue weighted by Gasteiger charge is -2.16. The van der Waals surface area contributed by atoms with Crippen LogP contribution in [0.25, 0.3) is 0 Å². The summed E-state index contributed by atoms with van der Waals surface area (Å²) in [5.41, 5.74) is -0.230. The van der Waals surface area contributed by atoms with Crippen LogP contribution in [0.3, 0.4) is 0 Å². The molecular formula is C10H13FN2O4. The smallest absolute Gasteiger partial charge is 0.295 e. The first-order valence-electron chi connectivity index (χ1n) is 4.88. The summed E-state index contributed by atoms with van der Waals surface area (Å²) >= 11 is 0. The molecule has 0 radical (unpaired) electrons. The number of aliphatic hydroxyl groups excluding tert-OH is 1. The predicted octanol–water partition coefficient (Wildman–Crippen LogP) is 1.15. The standard InChI is InChI=1S/C10H13FN2O4/c1-17-6-8(5-14)12-9-3-2-7(11)4-10(9)13(15)16/h2-4,8,12,14H,5-6H2,1H3. The van der Waals surface area contributed by atoms with Gasteiger partial charge in [-0.2, -0.15) is 0 Å². The van der Waals surface area contributed by atoms with Crippen LogP contribution in [0.2, 0.25) is 0 Å². The number of nitro benzene ring substituents is 1. The number of nitro groups is 1. The Hall–Kier alpha value is -1.73. The van der Waals surface area contributed by atoms with Gasteiger partial charge in [0, 0.05) is 7.11 Å². The Kier molecular flexibility index (Phi) is 4.80. The molecule has 0 bridgehead atoms. The van der Waals surface area contributed by atoms with E-state index < -0.39 is 16.8 Å². The number of aliphatic hydroxyl groups is 1. The Morgan fingerprint density at radius 2 is 2.35 bits per heavy atom. The highest BCUT2D eigenvalue weighted by Crippen LogP contribution is 2.25. The number of halogens is 1. The molecule has 1 atom stereocenters. The summed E-state index contributed by atoms with van der Waals surface area (Å²) in [5, 5.41) is 22.4. The normalized spacial score (nSPS) is 12.2. The summed E-state index contributed by atoms with van der Waals surface area (Å²) in [6.45, 7) is -0.0621. The highest BCUT2D eigenvalue weighted by molar-refractivity contribution is 5.61. The van der Waals surface area contributed by atoms with Crippen molar-refractivity contribution in [1.82, 2.24) is 0 Å². The maximum atomic E-state index is 12.9. The molecule has 0 aliphatic rings. The Morgan fingerprint density at radius 3 is 2.88 bits per heavy atom. The molecule has 0 amide bonds. The van der Waals surface area contributed by atoms with Crippen LogP contribution in [0.1, 0.15) is 0 Å². The zero-order valence-electron chi connectivity index (χ0n) is 9.22. The molecule has 94 valence electrons. The van der Waals surface area contributed by atoms with Gasteiger partial charge in [-0.25, -0.2) is 4.39 Å². The molecule has 0 fully saturated rings. The van der Waals surface area contributed by atoms with Crippen molar-refractivity contribution in [3.63, 3.8) is 0 Å². The first-order valence-corrected chi connectivity index (χ1v) is 4.88. The van der Waals surface area contributed by atoms with Gasteiger partial charge in [0.1, 0.15) is 11.5 Å². The quantitative estimate of drug-likeness (QED) is 0.579. The number of nitrogens with one attached hydrogen (secondary N) is 1. The van der Waals surface area contributed by atoms with Crippen molar-refractivity contribution in [3.05, 3.63) is 34.1 Å². The van der Waals surface area contributed by atoms with Gasteiger partial charge in [-0.05, 0) is 12.1 Å². The molecule has 1 aromatic rings. The SMILES string of the molecule is COCC(CO)Nc1ccc(F)cc1[N+](=O)[O-]. The fraction of sp³-hybridized carbons (Fsp3) is 0.400. The van der Waals surface area contributed by atoms with Crippen LogP contribution in [0.4, 0.5) is 15.8 Å². The summed E-state index contributed by atoms with van der Waals surface area (Å²) in [7, 11) is 1.45. The van der Waals surface area contributed by atoms with E-state index in [0.717, 1.165) is 12.1 Å². The minimum atomic E-state index is -0.688. The third-order valence-electron chi connectivity index (χ3n) is 2.10. The topological polar surface area (TPSA) is 84.6 Å². The lowest BCUT2D eigenvalue weighted by molar-refractivity contribution is -0.384. The van der Waals surface area contributed by atoms with Crippen LogP contribution in [-0.4, -0.2) is 36.4 Å². The zero-order chi connectivity index (χ0) is 12.8. The van der Waals surface area contributed by atoms with Crippen LogP contribution < -0.4 is 5.32 Å². The van der Waals surface area contributed by atoms with E-state index in [1.807, 2.05) is 0 Å². The van der Waals surface area contributed by atoms with Gasteiger partial charge < -0.3 is 15.2 Å². The molecule has 1 rings (SSSR count). The summed E-state index contributed by atoms with van der Waals surface area (Å²) in [5.74, 6) is -0.686. The average Bonchev–Trinajstić information content (AvgIpc) is 2.30. The van der Waals surface area contributed by atoms with E-state index >= 15 is 0 Å². The molecule has 0 aromatic heterocycles. The largest absolute Gasteiger partial charge is 0.394 e. The molecular weight excluding hydrogens is 231 g/mol. The van der Waals surface area contributed by atoms with E-state index in [4.69, 9.17) is 9.84 Å². The van der Waals surface area contributed by atoms with Gasteiger partial charge in [0.15, 0.2) is 0 Å². The maximum absolute atomic E-state index is 12.9. The molecule has 0 saturated carbocycles. The highest BCUT2D eigenvalue weighted by Gasteiger charge is 2.17. The first-order chi connectivity index (χ1) is 8.08. The molecule has 17 heavy (non-hydrogen) atoms. The molecule has 7 heteroatoms. The van der Waals surface area contributed by atoms with E-state index in [2.05, 4.69) is 5.32 Å². The van der Waals surface area contributed by atoms with Crippen molar-refractivity contribution in [2.45, 2.75) is 6.04 Å². The van der Waals surface area contributed by atoms with Gasteiger partial charge in [-0.1, -0.05) is 0 Å². The zero-order valence-corrected chi connectivity index (χ0v) is 9.22. The molecule has 0 spiro atoms. The van der Waals surface area contributed by atoms with Crippen molar-refractivity contribution >= 4 is 11.4 Å². The second-order valence-electron chi connectivity index (χ2n) is 3.40. The fourth-order valence-corrected chi connectivity index (χ4v) is 1.34. The van der Waals surface area contributed by atoms with Crippen LogP contribution >= 0.6 is 0 Å². The number of hydrogen-bond acceptors (Lipinski definition) is 5. The monoisotopic (exact) mass is 244 g/mol. The van der Waals surface area contributed by atoms with E-state index in [1.54, 1.807) is 0 Å². The number of nitrogens with zero attached hydrogens (tertiary/aromatic N) is 1. The van der Waals surface area contributed by atoms with Crippen LogP contribution in [0.5, 0.6) is 0 Å². The Morgan fingerprint density at radius 1 is 1.65 bits per heavy atom. The summed E-state index contributed by atoms with van der Waals surface area (Å²) in [4.78, 5) is 10.0. The second-order valence-corrected chi connectivity index (χ2v) is 3.40. The minimum absolute atomic E-state index is 0.146. The van der Waals surface area contributed by atoms with Gasteiger partial charge in [-0.3, -0.25) is 10.1 Å². The molecule has 1 unspecified atom stereocenters. The van der Waals surface area contributed by atoms with E-state index in [0.29, 0.717) is 0 Å². The van der Waals surface area contributed by atoms with Gasteiger partial charge in [0.25, 0.3) is 5.69 Å². The van der Waals surface area contributed by atoms with Crippen molar-refractivity contribution in [3.8, 4) is 0 Å². The summed E-state index contributed by atoms with van der Waals surface area (Å²) in [6, 6.07) is 2.70. The summed E-state index contributed by atoms with van der Waals surface area (Å²) in [6.07, 6.45) is 0. The molecule has 0 aliphatic heterocycles. The van der Waals surface area contributed by atoms with Crippen molar-refractivity contribution in [2.75, 3.05) is 25.6 Å². The minimum Gasteiger partial charge on any atom is -0.394 e. The number of rotatable bonds is 6. The van der Waals surface area contributed by atoms with Crippen molar-refractivity contribution in [1.29, 1.82) is 0 Å². The number of benzene rings is 1. The first kappa shape index (κ1) is 13.3. The highest BCUT2D eigenvalue weighted by atomic mass is 19.1. The predicted molar refractivity (Wildman–Crippen MR) is 59.4 cm³/mol. The maximum Gasteiger partial charge on any atom is 0.295 e. The number of methoxy groups -OCH3 is 1. The van der Waals surface area contributed by atoms with Crippen LogP contribution in [0.15, 0.2) is 18.2 Å². The number of anilines is 1. The summed E-state index contributed by atoms with van der Waals surface area (Å²) < 4.78 is 17.7. The molecule has 2 N–H and O–H groups in total. The number of ether oxygens (including phenoxy) is 1. The molecule has 0 aliphatic carbocycles. The van der Waals surface area contributed by atoms with Gasteiger partial charge in [0.05, 0.1) is 30.2 Å². The van der Waals surface area contributed by atoms with E-state index in [1.165, 1.54) is 13.2 Å².